The fourth-order valence-electron chi connectivity index (χ4n) is 6.42. The highest BCUT2D eigenvalue weighted by molar-refractivity contribution is 5.81. The van der Waals surface area contributed by atoms with E-state index < -0.39 is 98.1 Å². The molecule has 1 aromatic rings. The number of nitrogens with one attached hydrogen (secondary N) is 3. The number of carbonyl (C=O) groups is 6. The Morgan fingerprint density at radius 2 is 1.19 bits per heavy atom. The van der Waals surface area contributed by atoms with Crippen molar-refractivity contribution in [3.8, 4) is 0 Å². The van der Waals surface area contributed by atoms with Gasteiger partial charge in [-0.15, -0.1) is 0 Å². The topological polar surface area (TPSA) is 332 Å². The van der Waals surface area contributed by atoms with Crippen molar-refractivity contribution >= 4 is 35.6 Å². The first-order chi connectivity index (χ1) is 27.2. The summed E-state index contributed by atoms with van der Waals surface area (Å²) >= 11 is 0. The van der Waals surface area contributed by atoms with E-state index in [9.17, 15) is 54.3 Å². The van der Waals surface area contributed by atoms with E-state index >= 15 is 0 Å². The van der Waals surface area contributed by atoms with Crippen LogP contribution in [0.5, 0.6) is 0 Å². The fraction of sp³-hybridized carbons (Fsp3) is 0.686. The molecule has 7 unspecified atom stereocenters. The summed E-state index contributed by atoms with van der Waals surface area (Å²) in [7, 11) is 0. The lowest BCUT2D eigenvalue weighted by molar-refractivity contribution is -0.147. The van der Waals surface area contributed by atoms with Gasteiger partial charge < -0.3 is 61.5 Å². The summed E-state index contributed by atoms with van der Waals surface area (Å²) in [6.07, 6.45) is -5.85. The van der Waals surface area contributed by atoms with E-state index in [4.69, 9.17) is 20.1 Å². The maximum Gasteiger partial charge on any atom is 0.325 e. The van der Waals surface area contributed by atoms with Crippen molar-refractivity contribution in [2.24, 2.45) is 0 Å². The van der Waals surface area contributed by atoms with E-state index in [2.05, 4.69) is 20.9 Å². The van der Waals surface area contributed by atoms with Gasteiger partial charge in [0.15, 0.2) is 6.23 Å². The predicted molar refractivity (Wildman–Crippen MR) is 194 cm³/mol. The Balaban J connectivity index is 1.96. The van der Waals surface area contributed by atoms with Crippen molar-refractivity contribution < 1.29 is 74.4 Å². The molecule has 3 amide bonds. The van der Waals surface area contributed by atoms with Gasteiger partial charge in [0, 0.05) is 71.6 Å². The van der Waals surface area contributed by atoms with E-state index in [1.807, 2.05) is 0 Å². The summed E-state index contributed by atoms with van der Waals surface area (Å²) in [4.78, 5) is 85.9. The van der Waals surface area contributed by atoms with E-state index in [0.717, 1.165) is 0 Å². The first-order valence-corrected chi connectivity index (χ1v) is 18.7. The van der Waals surface area contributed by atoms with Gasteiger partial charge in [-0.05, 0) is 31.4 Å². The SMILES string of the molecule is O=C(CCC(C(=O)O)N1CCN(C(CCC(=O)NCC(O)CO)C(=O)O)Cc2cccc(n2)C2OC(=O)C(CCC(=O)NCC(O)CO)N2CC1)NCC(O)CO. The lowest BCUT2D eigenvalue weighted by Gasteiger charge is -2.36. The lowest BCUT2D eigenvalue weighted by atomic mass is 10.1. The fourth-order valence-corrected chi connectivity index (χ4v) is 6.42. The lowest BCUT2D eigenvalue weighted by Crippen LogP contribution is -2.51. The van der Waals surface area contributed by atoms with Gasteiger partial charge in [0.25, 0.3) is 0 Å². The van der Waals surface area contributed by atoms with Gasteiger partial charge in [-0.2, -0.15) is 0 Å². The standard InChI is InChI=1S/C35H55N7O15/c43-18-22(46)14-36-29(49)7-4-26(33(52)53)40-10-11-41(27(34(54)55)5-8-30(50)37-15-23(47)19-44)17-21-2-1-3-25(39-21)32-42(13-12-40)28(35(56)57-32)6-9-31(51)38-16-24(48)20-45/h1-3,22-24,26-28,32,43-48H,4-20H2,(H,36,49)(H,37,50)(H,38,51)(H,52,53)(H,54,55). The molecule has 2 aliphatic heterocycles. The van der Waals surface area contributed by atoms with Gasteiger partial charge >= 0.3 is 17.9 Å². The molecule has 22 heteroatoms. The van der Waals surface area contributed by atoms with Crippen LogP contribution in [0.4, 0.5) is 0 Å². The summed E-state index contributed by atoms with van der Waals surface area (Å²) in [6.45, 7) is -2.77. The van der Waals surface area contributed by atoms with Crippen LogP contribution in [0.3, 0.4) is 0 Å². The number of aliphatic carboxylic acids is 2. The number of carboxylic acids is 2. The summed E-state index contributed by atoms with van der Waals surface area (Å²) in [6, 6.07) is 1.29. The highest BCUT2D eigenvalue weighted by Crippen LogP contribution is 2.33. The minimum absolute atomic E-state index is 0.0152. The van der Waals surface area contributed by atoms with E-state index in [1.165, 1.54) is 9.80 Å². The molecule has 0 aliphatic carbocycles. The Kier molecular flexibility index (Phi) is 19.6. The van der Waals surface area contributed by atoms with Gasteiger partial charge in [0.1, 0.15) is 18.1 Å². The third kappa shape index (κ3) is 15.1. The number of hydrogen-bond acceptors (Lipinski definition) is 17. The quantitative estimate of drug-likeness (QED) is 0.0489. The minimum atomic E-state index is -1.31. The van der Waals surface area contributed by atoms with Crippen molar-refractivity contribution in [3.05, 3.63) is 29.6 Å². The number of nitrogens with zero attached hydrogens (tertiary/aromatic N) is 4. The van der Waals surface area contributed by atoms with Gasteiger partial charge in [-0.3, -0.25) is 43.6 Å². The molecule has 57 heavy (non-hydrogen) atoms. The Labute approximate surface area is 328 Å². The predicted octanol–water partition coefficient (Wildman–Crippen LogP) is -4.92. The monoisotopic (exact) mass is 813 g/mol. The number of fused-ring (bicyclic) bond motifs is 4. The van der Waals surface area contributed by atoms with Crippen molar-refractivity contribution in [3.63, 3.8) is 0 Å². The van der Waals surface area contributed by atoms with E-state index in [-0.39, 0.29) is 96.6 Å². The zero-order valence-electron chi connectivity index (χ0n) is 31.5. The molecule has 0 radical (unpaired) electrons. The summed E-state index contributed by atoms with van der Waals surface area (Å²) < 4.78 is 5.78. The average molecular weight is 814 g/mol. The number of aliphatic hydroxyl groups is 6. The molecule has 22 nitrogen and oxygen atoms in total. The molecule has 11 N–H and O–H groups in total. The maximum atomic E-state index is 13.4. The number of esters is 1. The molecule has 0 spiro atoms. The normalized spacial score (nSPS) is 20.7. The molecular formula is C35H55N7O15. The average Bonchev–Trinajstić information content (AvgIpc) is 3.51. The van der Waals surface area contributed by atoms with Gasteiger partial charge in [-0.1, -0.05) is 6.07 Å². The molecule has 2 aliphatic rings. The summed E-state index contributed by atoms with van der Waals surface area (Å²) in [5.41, 5.74) is 0.635. The molecule has 3 heterocycles. The Bertz CT molecular complexity index is 1510. The number of carboxylic acid groups (broad SMARTS) is 2. The largest absolute Gasteiger partial charge is 0.480 e. The number of carbonyl (C=O) groups excluding carboxylic acids is 4. The number of hydrogen-bond donors (Lipinski definition) is 11. The molecule has 1 saturated heterocycles. The summed E-state index contributed by atoms with van der Waals surface area (Å²) in [5.74, 6) is -4.92. The number of aromatic nitrogens is 1. The number of pyridine rings is 1. The third-order valence-electron chi connectivity index (χ3n) is 9.59. The molecule has 3 rings (SSSR count). The van der Waals surface area contributed by atoms with E-state index in [1.54, 1.807) is 23.1 Å². The van der Waals surface area contributed by atoms with Crippen molar-refractivity contribution in [2.45, 2.75) is 87.7 Å². The molecule has 1 fully saturated rings. The smallest absolute Gasteiger partial charge is 0.325 e. The van der Waals surface area contributed by atoms with Gasteiger partial charge in [-0.25, -0.2) is 4.90 Å². The van der Waals surface area contributed by atoms with Crippen molar-refractivity contribution in [2.75, 3.05) is 65.6 Å². The molecule has 320 valence electrons. The molecule has 7 atom stereocenters. The van der Waals surface area contributed by atoms with Crippen LogP contribution in [-0.2, 0) is 40.0 Å². The van der Waals surface area contributed by atoms with Crippen LogP contribution in [0.1, 0.15) is 56.1 Å². The first-order valence-electron chi connectivity index (χ1n) is 18.7. The van der Waals surface area contributed by atoms with Gasteiger partial charge in [0.2, 0.25) is 17.7 Å². The number of aliphatic hydroxyl groups excluding tert-OH is 6. The van der Waals surface area contributed by atoms with Crippen LogP contribution in [-0.4, -0.2) is 198 Å². The van der Waals surface area contributed by atoms with Crippen LogP contribution in [0, 0.1) is 0 Å². The Hall–Kier alpha value is -4.39. The second-order valence-corrected chi connectivity index (χ2v) is 13.8. The second kappa shape index (κ2) is 23.7. The van der Waals surface area contributed by atoms with Crippen molar-refractivity contribution in [1.82, 2.24) is 35.6 Å². The van der Waals surface area contributed by atoms with Crippen LogP contribution in [0.25, 0.3) is 0 Å². The van der Waals surface area contributed by atoms with Crippen LogP contribution in [0.2, 0.25) is 0 Å². The van der Waals surface area contributed by atoms with Gasteiger partial charge in [0.05, 0.1) is 49.5 Å². The maximum absolute atomic E-state index is 13.4. The van der Waals surface area contributed by atoms with Crippen LogP contribution >= 0.6 is 0 Å². The molecular weight excluding hydrogens is 758 g/mol. The highest BCUT2D eigenvalue weighted by atomic mass is 16.6. The van der Waals surface area contributed by atoms with Crippen LogP contribution in [0.15, 0.2) is 18.2 Å². The Morgan fingerprint density at radius 1 is 0.719 bits per heavy atom. The van der Waals surface area contributed by atoms with E-state index in [0.29, 0.717) is 5.69 Å². The highest BCUT2D eigenvalue weighted by Gasteiger charge is 2.44. The van der Waals surface area contributed by atoms with Crippen molar-refractivity contribution in [1.29, 1.82) is 0 Å². The summed E-state index contributed by atoms with van der Waals surface area (Å²) in [5, 5.41) is 84.1. The Morgan fingerprint density at radius 3 is 1.70 bits per heavy atom. The molecule has 0 saturated carbocycles. The molecule has 0 aromatic carbocycles. The molecule has 1 aromatic heterocycles. The zero-order chi connectivity index (χ0) is 42.1. The number of ether oxygens (including phenoxy) is 1. The molecule has 2 bridgehead atoms. The van der Waals surface area contributed by atoms with Crippen LogP contribution < -0.4 is 16.0 Å². The minimum Gasteiger partial charge on any atom is -0.480 e. The zero-order valence-corrected chi connectivity index (χ0v) is 31.5. The number of rotatable bonds is 22. The third-order valence-corrected chi connectivity index (χ3v) is 9.59. The second-order valence-electron chi connectivity index (χ2n) is 13.8. The first kappa shape index (κ1) is 47.0. The number of amides is 3.